The zero-order chi connectivity index (χ0) is 12.1. The Hall–Kier alpha value is -0.830. The van der Waals surface area contributed by atoms with Crippen molar-refractivity contribution in [2.75, 3.05) is 26.2 Å². The molecule has 2 heterocycles. The quantitative estimate of drug-likeness (QED) is 0.755. The molecular weight excluding hydrogens is 212 g/mol. The van der Waals surface area contributed by atoms with E-state index in [0.29, 0.717) is 11.8 Å². The highest BCUT2D eigenvalue weighted by Gasteiger charge is 2.22. The standard InChI is InChI=1S/C14H24N2O/c1-2-12-6-9-16(10-7-12)14(17)4-3-13-5-8-15-11-13/h2,12-13,15H,1,3-11H2. The summed E-state index contributed by atoms with van der Waals surface area (Å²) in [6.07, 6.45) is 7.27. The van der Waals surface area contributed by atoms with E-state index >= 15 is 0 Å². The molecule has 0 bridgehead atoms. The van der Waals surface area contributed by atoms with E-state index in [9.17, 15) is 4.79 Å². The Morgan fingerprint density at radius 1 is 1.35 bits per heavy atom. The number of hydrogen-bond acceptors (Lipinski definition) is 2. The third-order valence-electron chi connectivity index (χ3n) is 4.15. The van der Waals surface area contributed by atoms with E-state index in [4.69, 9.17) is 0 Å². The maximum atomic E-state index is 12.0. The van der Waals surface area contributed by atoms with Gasteiger partial charge in [-0.25, -0.2) is 0 Å². The Labute approximate surface area is 104 Å². The van der Waals surface area contributed by atoms with Crippen LogP contribution in [-0.2, 0) is 4.79 Å². The number of nitrogens with one attached hydrogen (secondary N) is 1. The van der Waals surface area contributed by atoms with Crippen molar-refractivity contribution in [2.24, 2.45) is 11.8 Å². The Morgan fingerprint density at radius 2 is 2.12 bits per heavy atom. The molecule has 0 aromatic carbocycles. The van der Waals surface area contributed by atoms with Crippen molar-refractivity contribution in [1.82, 2.24) is 10.2 Å². The first kappa shape index (κ1) is 12.6. The zero-order valence-corrected chi connectivity index (χ0v) is 10.7. The molecule has 0 radical (unpaired) electrons. The minimum absolute atomic E-state index is 0.361. The zero-order valence-electron chi connectivity index (χ0n) is 10.7. The Morgan fingerprint density at radius 3 is 2.71 bits per heavy atom. The summed E-state index contributed by atoms with van der Waals surface area (Å²) < 4.78 is 0. The fourth-order valence-electron chi connectivity index (χ4n) is 2.83. The third kappa shape index (κ3) is 3.56. The highest BCUT2D eigenvalue weighted by Crippen LogP contribution is 2.20. The van der Waals surface area contributed by atoms with Crippen LogP contribution in [0.3, 0.4) is 0 Å². The second-order valence-corrected chi connectivity index (χ2v) is 5.35. The number of likely N-dealkylation sites (tertiary alicyclic amines) is 1. The topological polar surface area (TPSA) is 32.3 Å². The van der Waals surface area contributed by atoms with E-state index in [2.05, 4.69) is 11.9 Å². The Kier molecular flexibility index (Phi) is 4.60. The number of hydrogen-bond donors (Lipinski definition) is 1. The molecule has 3 nitrogen and oxygen atoms in total. The summed E-state index contributed by atoms with van der Waals surface area (Å²) in [6.45, 7) is 7.92. The van der Waals surface area contributed by atoms with Gasteiger partial charge in [0.15, 0.2) is 0 Å². The summed E-state index contributed by atoms with van der Waals surface area (Å²) in [5, 5.41) is 3.35. The van der Waals surface area contributed by atoms with Gasteiger partial charge in [0.1, 0.15) is 0 Å². The summed E-state index contributed by atoms with van der Waals surface area (Å²) in [6, 6.07) is 0. The number of nitrogens with zero attached hydrogens (tertiary/aromatic N) is 1. The second-order valence-electron chi connectivity index (χ2n) is 5.35. The summed E-state index contributed by atoms with van der Waals surface area (Å²) in [5.41, 5.74) is 0. The van der Waals surface area contributed by atoms with Crippen LogP contribution in [0.2, 0.25) is 0 Å². The SMILES string of the molecule is C=CC1CCN(C(=O)CCC2CCNC2)CC1. The van der Waals surface area contributed by atoms with Gasteiger partial charge in [-0.2, -0.15) is 0 Å². The lowest BCUT2D eigenvalue weighted by Crippen LogP contribution is -2.38. The van der Waals surface area contributed by atoms with Crippen LogP contribution in [-0.4, -0.2) is 37.0 Å². The van der Waals surface area contributed by atoms with Crippen LogP contribution in [0.25, 0.3) is 0 Å². The monoisotopic (exact) mass is 236 g/mol. The minimum Gasteiger partial charge on any atom is -0.343 e. The number of allylic oxidation sites excluding steroid dienone is 1. The van der Waals surface area contributed by atoms with Gasteiger partial charge < -0.3 is 10.2 Å². The summed E-state index contributed by atoms with van der Waals surface area (Å²) in [5.74, 6) is 1.71. The summed E-state index contributed by atoms with van der Waals surface area (Å²) in [7, 11) is 0. The first-order valence-electron chi connectivity index (χ1n) is 6.90. The van der Waals surface area contributed by atoms with Gasteiger partial charge in [0.2, 0.25) is 5.91 Å². The number of piperidine rings is 1. The summed E-state index contributed by atoms with van der Waals surface area (Å²) in [4.78, 5) is 14.1. The van der Waals surface area contributed by atoms with Gasteiger partial charge in [0.25, 0.3) is 0 Å². The molecule has 96 valence electrons. The first-order valence-corrected chi connectivity index (χ1v) is 6.90. The van der Waals surface area contributed by atoms with E-state index in [-0.39, 0.29) is 0 Å². The van der Waals surface area contributed by atoms with Crippen molar-refractivity contribution in [3.63, 3.8) is 0 Å². The average Bonchev–Trinajstić information content (AvgIpc) is 2.89. The predicted octanol–water partition coefficient (Wildman–Crippen LogP) is 1.80. The molecule has 0 spiro atoms. The van der Waals surface area contributed by atoms with Gasteiger partial charge in [-0.3, -0.25) is 4.79 Å². The second kappa shape index (κ2) is 6.20. The molecule has 0 aromatic heterocycles. The number of carbonyl (C=O) groups is 1. The van der Waals surface area contributed by atoms with Crippen LogP contribution in [0.15, 0.2) is 12.7 Å². The largest absolute Gasteiger partial charge is 0.343 e. The number of rotatable bonds is 4. The molecular formula is C14H24N2O. The van der Waals surface area contributed by atoms with Gasteiger partial charge in [-0.05, 0) is 50.6 Å². The van der Waals surface area contributed by atoms with Crippen molar-refractivity contribution in [1.29, 1.82) is 0 Å². The van der Waals surface area contributed by atoms with Gasteiger partial charge >= 0.3 is 0 Å². The van der Waals surface area contributed by atoms with E-state index in [1.54, 1.807) is 0 Å². The minimum atomic E-state index is 0.361. The maximum Gasteiger partial charge on any atom is 0.222 e. The van der Waals surface area contributed by atoms with Crippen LogP contribution in [0.5, 0.6) is 0 Å². The van der Waals surface area contributed by atoms with E-state index < -0.39 is 0 Å². The highest BCUT2D eigenvalue weighted by molar-refractivity contribution is 5.76. The van der Waals surface area contributed by atoms with E-state index in [0.717, 1.165) is 57.8 Å². The van der Waals surface area contributed by atoms with Crippen molar-refractivity contribution in [2.45, 2.75) is 32.1 Å². The van der Waals surface area contributed by atoms with Crippen LogP contribution < -0.4 is 5.32 Å². The molecule has 2 saturated heterocycles. The average molecular weight is 236 g/mol. The maximum absolute atomic E-state index is 12.0. The van der Waals surface area contributed by atoms with Crippen molar-refractivity contribution >= 4 is 5.91 Å². The van der Waals surface area contributed by atoms with Crippen LogP contribution in [0.4, 0.5) is 0 Å². The fourth-order valence-corrected chi connectivity index (χ4v) is 2.83. The number of amides is 1. The Balaban J connectivity index is 1.67. The van der Waals surface area contributed by atoms with Gasteiger partial charge in [-0.15, -0.1) is 6.58 Å². The molecule has 0 aliphatic carbocycles. The Bertz CT molecular complexity index is 263. The molecule has 3 heteroatoms. The smallest absolute Gasteiger partial charge is 0.222 e. The molecule has 1 atom stereocenters. The lowest BCUT2D eigenvalue weighted by atomic mass is 9.96. The lowest BCUT2D eigenvalue weighted by Gasteiger charge is -2.31. The first-order chi connectivity index (χ1) is 8.29. The van der Waals surface area contributed by atoms with E-state index in [1.165, 1.54) is 6.42 Å². The lowest BCUT2D eigenvalue weighted by molar-refractivity contribution is -0.132. The molecule has 17 heavy (non-hydrogen) atoms. The number of carbonyl (C=O) groups excluding carboxylic acids is 1. The molecule has 1 N–H and O–H groups in total. The van der Waals surface area contributed by atoms with Gasteiger partial charge in [0, 0.05) is 19.5 Å². The molecule has 2 aliphatic heterocycles. The van der Waals surface area contributed by atoms with Crippen molar-refractivity contribution in [3.05, 3.63) is 12.7 Å². The van der Waals surface area contributed by atoms with Gasteiger partial charge in [-0.1, -0.05) is 6.08 Å². The molecule has 2 fully saturated rings. The van der Waals surface area contributed by atoms with Crippen LogP contribution >= 0.6 is 0 Å². The molecule has 0 saturated carbocycles. The van der Waals surface area contributed by atoms with Crippen LogP contribution in [0.1, 0.15) is 32.1 Å². The molecule has 1 amide bonds. The summed E-state index contributed by atoms with van der Waals surface area (Å²) >= 11 is 0. The normalized spacial score (nSPS) is 26.1. The van der Waals surface area contributed by atoms with Crippen molar-refractivity contribution in [3.8, 4) is 0 Å². The third-order valence-corrected chi connectivity index (χ3v) is 4.15. The van der Waals surface area contributed by atoms with Crippen molar-refractivity contribution < 1.29 is 4.79 Å². The molecule has 0 aromatic rings. The predicted molar refractivity (Wildman–Crippen MR) is 69.7 cm³/mol. The fraction of sp³-hybridized carbons (Fsp3) is 0.786. The van der Waals surface area contributed by atoms with Gasteiger partial charge in [0.05, 0.1) is 0 Å². The molecule has 1 unspecified atom stereocenters. The molecule has 2 rings (SSSR count). The highest BCUT2D eigenvalue weighted by atomic mass is 16.2. The van der Waals surface area contributed by atoms with E-state index in [1.807, 2.05) is 11.0 Å². The van der Waals surface area contributed by atoms with Crippen LogP contribution in [0, 0.1) is 11.8 Å². The molecule has 2 aliphatic rings.